The van der Waals surface area contributed by atoms with Crippen LogP contribution < -0.4 is 10.6 Å². The average Bonchev–Trinajstić information content (AvgIpc) is 2.51. The van der Waals surface area contributed by atoms with Crippen molar-refractivity contribution in [2.45, 2.75) is 6.54 Å². The monoisotopic (exact) mass is 268 g/mol. The summed E-state index contributed by atoms with van der Waals surface area (Å²) in [6.07, 6.45) is 1.99. The molecular formula is C10H13BrN4. The smallest absolute Gasteiger partial charge is 0.140 e. The van der Waals surface area contributed by atoms with Crippen molar-refractivity contribution in [3.8, 4) is 0 Å². The van der Waals surface area contributed by atoms with Crippen LogP contribution in [0, 0.1) is 0 Å². The molecule has 80 valence electrons. The first-order valence-electron chi connectivity index (χ1n) is 4.67. The number of anilines is 1. The number of aromatic nitrogens is 2. The topological polar surface area (TPSA) is 46.6 Å². The molecule has 2 rings (SSSR count). The Morgan fingerprint density at radius 3 is 2.87 bits per heavy atom. The molecule has 4 nitrogen and oxygen atoms in total. The molecule has 15 heavy (non-hydrogen) atoms. The molecule has 2 aromatic heterocycles. The van der Waals surface area contributed by atoms with E-state index >= 15 is 0 Å². The van der Waals surface area contributed by atoms with Gasteiger partial charge in [-0.25, -0.2) is 4.98 Å². The predicted octanol–water partition coefficient (Wildman–Crippen LogP) is 1.62. The molecule has 0 aromatic carbocycles. The van der Waals surface area contributed by atoms with Gasteiger partial charge >= 0.3 is 0 Å². The maximum Gasteiger partial charge on any atom is 0.140 e. The van der Waals surface area contributed by atoms with Crippen LogP contribution in [0.2, 0.25) is 0 Å². The van der Waals surface area contributed by atoms with Gasteiger partial charge in [0.1, 0.15) is 10.3 Å². The van der Waals surface area contributed by atoms with Crippen LogP contribution in [0.4, 0.5) is 5.69 Å². The second-order valence-corrected chi connectivity index (χ2v) is 4.31. The molecule has 0 fully saturated rings. The van der Waals surface area contributed by atoms with Gasteiger partial charge < -0.3 is 15.0 Å². The van der Waals surface area contributed by atoms with Crippen molar-refractivity contribution in [1.29, 1.82) is 0 Å². The van der Waals surface area contributed by atoms with Crippen LogP contribution in [0.5, 0.6) is 0 Å². The summed E-state index contributed by atoms with van der Waals surface area (Å²) in [5, 5.41) is 0. The second kappa shape index (κ2) is 3.83. The van der Waals surface area contributed by atoms with Gasteiger partial charge in [0.2, 0.25) is 0 Å². The molecule has 0 aliphatic heterocycles. The summed E-state index contributed by atoms with van der Waals surface area (Å²) in [6, 6.07) is 4.07. The van der Waals surface area contributed by atoms with Crippen LogP contribution in [0.3, 0.4) is 0 Å². The largest absolute Gasteiger partial charge is 0.378 e. The van der Waals surface area contributed by atoms with E-state index in [1.54, 1.807) is 0 Å². The minimum atomic E-state index is 0.475. The van der Waals surface area contributed by atoms with Crippen LogP contribution in [0.1, 0.15) is 5.69 Å². The Kier molecular flexibility index (Phi) is 2.67. The van der Waals surface area contributed by atoms with Crippen molar-refractivity contribution in [1.82, 2.24) is 9.38 Å². The number of hydrogen-bond acceptors (Lipinski definition) is 3. The maximum absolute atomic E-state index is 5.66. The van der Waals surface area contributed by atoms with Crippen molar-refractivity contribution in [2.75, 3.05) is 19.0 Å². The molecule has 0 amide bonds. The van der Waals surface area contributed by atoms with Gasteiger partial charge in [0.15, 0.2) is 0 Å². The second-order valence-electron chi connectivity index (χ2n) is 3.56. The highest BCUT2D eigenvalue weighted by molar-refractivity contribution is 9.10. The van der Waals surface area contributed by atoms with E-state index in [1.165, 1.54) is 0 Å². The third-order valence-corrected chi connectivity index (χ3v) is 3.00. The standard InChI is InChI=1S/C10H13BrN4/c1-14(2)7-3-4-15-8(6-12)10(11)13-9(15)5-7/h3-5H,6,12H2,1-2H3. The Hall–Kier alpha value is -1.07. The fourth-order valence-corrected chi connectivity index (χ4v) is 2.05. The lowest BCUT2D eigenvalue weighted by Gasteiger charge is -2.12. The van der Waals surface area contributed by atoms with E-state index in [9.17, 15) is 0 Å². The molecule has 0 radical (unpaired) electrons. The zero-order valence-corrected chi connectivity index (χ0v) is 10.3. The van der Waals surface area contributed by atoms with Gasteiger partial charge in [0.25, 0.3) is 0 Å². The molecule has 2 N–H and O–H groups in total. The Morgan fingerprint density at radius 1 is 1.53 bits per heavy atom. The van der Waals surface area contributed by atoms with E-state index < -0.39 is 0 Å². The van der Waals surface area contributed by atoms with Crippen molar-refractivity contribution < 1.29 is 0 Å². The molecule has 0 saturated heterocycles. The number of fused-ring (bicyclic) bond motifs is 1. The molecule has 2 heterocycles. The predicted molar refractivity (Wildman–Crippen MR) is 65.1 cm³/mol. The lowest BCUT2D eigenvalue weighted by atomic mass is 10.3. The van der Waals surface area contributed by atoms with Gasteiger partial charge in [-0.15, -0.1) is 0 Å². The van der Waals surface area contributed by atoms with E-state index in [0.29, 0.717) is 6.54 Å². The minimum absolute atomic E-state index is 0.475. The van der Waals surface area contributed by atoms with Crippen LogP contribution in [-0.2, 0) is 6.54 Å². The van der Waals surface area contributed by atoms with E-state index in [2.05, 4.69) is 20.9 Å². The van der Waals surface area contributed by atoms with E-state index in [0.717, 1.165) is 21.6 Å². The number of hydrogen-bond donors (Lipinski definition) is 1. The van der Waals surface area contributed by atoms with Crippen molar-refractivity contribution >= 4 is 27.3 Å². The summed E-state index contributed by atoms with van der Waals surface area (Å²) in [5.41, 5.74) is 8.69. The molecule has 0 spiro atoms. The number of pyridine rings is 1. The van der Waals surface area contributed by atoms with Gasteiger partial charge in [0.05, 0.1) is 5.69 Å². The molecule has 2 aromatic rings. The van der Waals surface area contributed by atoms with Crippen LogP contribution in [0.15, 0.2) is 22.9 Å². The third kappa shape index (κ3) is 1.72. The van der Waals surface area contributed by atoms with Crippen LogP contribution in [0.25, 0.3) is 5.65 Å². The van der Waals surface area contributed by atoms with Gasteiger partial charge in [-0.05, 0) is 22.0 Å². The normalized spacial score (nSPS) is 10.9. The Morgan fingerprint density at radius 2 is 2.27 bits per heavy atom. The summed E-state index contributed by atoms with van der Waals surface area (Å²) < 4.78 is 2.82. The first-order valence-corrected chi connectivity index (χ1v) is 5.46. The number of nitrogens with two attached hydrogens (primary N) is 1. The fraction of sp³-hybridized carbons (Fsp3) is 0.300. The zero-order valence-electron chi connectivity index (χ0n) is 8.74. The first-order chi connectivity index (χ1) is 7.13. The fourth-order valence-electron chi connectivity index (χ4n) is 1.52. The molecule has 0 aliphatic rings. The van der Waals surface area contributed by atoms with E-state index in [1.807, 2.05) is 41.7 Å². The third-order valence-electron chi connectivity index (χ3n) is 2.37. The van der Waals surface area contributed by atoms with Crippen molar-refractivity contribution in [3.05, 3.63) is 28.6 Å². The number of imidazole rings is 1. The van der Waals surface area contributed by atoms with Gasteiger partial charge in [-0.3, -0.25) is 0 Å². The van der Waals surface area contributed by atoms with Crippen LogP contribution >= 0.6 is 15.9 Å². The van der Waals surface area contributed by atoms with Gasteiger partial charge in [0, 0.05) is 38.6 Å². The first kappa shape index (κ1) is 10.4. The highest BCUT2D eigenvalue weighted by atomic mass is 79.9. The van der Waals surface area contributed by atoms with Crippen molar-refractivity contribution in [3.63, 3.8) is 0 Å². The zero-order chi connectivity index (χ0) is 11.0. The molecule has 0 unspecified atom stereocenters. The average molecular weight is 269 g/mol. The lowest BCUT2D eigenvalue weighted by Crippen LogP contribution is -2.09. The summed E-state index contributed by atoms with van der Waals surface area (Å²) in [5.74, 6) is 0. The summed E-state index contributed by atoms with van der Waals surface area (Å²) in [7, 11) is 4.02. The van der Waals surface area contributed by atoms with E-state index in [4.69, 9.17) is 5.73 Å². The van der Waals surface area contributed by atoms with E-state index in [-0.39, 0.29) is 0 Å². The summed E-state index contributed by atoms with van der Waals surface area (Å²) in [6.45, 7) is 0.475. The molecule has 0 aliphatic carbocycles. The number of halogens is 1. The van der Waals surface area contributed by atoms with Crippen LogP contribution in [-0.4, -0.2) is 23.5 Å². The summed E-state index contributed by atoms with van der Waals surface area (Å²) >= 11 is 3.41. The minimum Gasteiger partial charge on any atom is -0.378 e. The molecular weight excluding hydrogens is 256 g/mol. The lowest BCUT2D eigenvalue weighted by molar-refractivity contribution is 0.949. The molecule has 5 heteroatoms. The maximum atomic E-state index is 5.66. The van der Waals surface area contributed by atoms with Gasteiger partial charge in [-0.2, -0.15) is 0 Å². The Labute approximate surface area is 96.8 Å². The highest BCUT2D eigenvalue weighted by Crippen LogP contribution is 2.21. The SMILES string of the molecule is CN(C)c1ccn2c(CN)c(Br)nc2c1. The number of rotatable bonds is 2. The quantitative estimate of drug-likeness (QED) is 0.901. The van der Waals surface area contributed by atoms with Gasteiger partial charge in [-0.1, -0.05) is 0 Å². The summed E-state index contributed by atoms with van der Waals surface area (Å²) in [4.78, 5) is 6.45. The van der Waals surface area contributed by atoms with Crippen molar-refractivity contribution in [2.24, 2.45) is 5.73 Å². The Bertz CT molecular complexity index is 489. The Balaban J connectivity index is 2.64. The molecule has 0 saturated carbocycles. The molecule has 0 bridgehead atoms. The molecule has 0 atom stereocenters. The number of nitrogens with zero attached hydrogens (tertiary/aromatic N) is 3. The highest BCUT2D eigenvalue weighted by Gasteiger charge is 2.08.